The van der Waals surface area contributed by atoms with Gasteiger partial charge < -0.3 is 20.3 Å². The minimum Gasteiger partial charge on any atom is -0.493 e. The second kappa shape index (κ2) is 10.1. The monoisotopic (exact) mass is 380 g/mol. The molecule has 5 heteroatoms. The van der Waals surface area contributed by atoms with E-state index in [0.717, 1.165) is 42.9 Å². The van der Waals surface area contributed by atoms with Gasteiger partial charge in [0.25, 0.3) is 0 Å². The minimum atomic E-state index is 0.683. The topological polar surface area (TPSA) is 48.9 Å². The normalized spacial score (nSPS) is 14.2. The fraction of sp³-hybridized carbons (Fsp3) is 0.435. The Bertz CT molecular complexity index is 766. The molecule has 0 aliphatic heterocycles. The van der Waals surface area contributed by atoms with Crippen LogP contribution in [0.15, 0.2) is 53.5 Å². The van der Waals surface area contributed by atoms with E-state index in [1.54, 1.807) is 7.05 Å². The van der Waals surface area contributed by atoms with E-state index in [-0.39, 0.29) is 0 Å². The van der Waals surface area contributed by atoms with E-state index in [4.69, 9.17) is 4.74 Å². The van der Waals surface area contributed by atoms with Crippen molar-refractivity contribution in [2.75, 3.05) is 27.7 Å². The van der Waals surface area contributed by atoms with E-state index < -0.39 is 0 Å². The number of ether oxygens (including phenoxy) is 1. The van der Waals surface area contributed by atoms with Crippen LogP contribution < -0.4 is 15.4 Å². The molecule has 0 heterocycles. The first kappa shape index (κ1) is 20.2. The van der Waals surface area contributed by atoms with Crippen LogP contribution in [0.25, 0.3) is 0 Å². The minimum absolute atomic E-state index is 0.683. The third-order valence-corrected chi connectivity index (χ3v) is 4.80. The summed E-state index contributed by atoms with van der Waals surface area (Å²) < 4.78 is 5.99. The molecule has 1 fully saturated rings. The summed E-state index contributed by atoms with van der Waals surface area (Å²) in [5, 5.41) is 6.77. The van der Waals surface area contributed by atoms with Gasteiger partial charge >= 0.3 is 0 Å². The van der Waals surface area contributed by atoms with Crippen molar-refractivity contribution in [3.05, 3.63) is 65.2 Å². The summed E-state index contributed by atoms with van der Waals surface area (Å²) in [5.41, 5.74) is 3.71. The molecule has 0 unspecified atom stereocenters. The molecule has 2 aromatic rings. The van der Waals surface area contributed by atoms with Crippen molar-refractivity contribution in [3.63, 3.8) is 0 Å². The summed E-state index contributed by atoms with van der Waals surface area (Å²) in [6.07, 6.45) is 2.60. The van der Waals surface area contributed by atoms with Crippen molar-refractivity contribution in [3.8, 4) is 5.75 Å². The van der Waals surface area contributed by atoms with Gasteiger partial charge in [-0.25, -0.2) is 0 Å². The quantitative estimate of drug-likeness (QED) is 0.517. The molecule has 3 rings (SSSR count). The molecule has 150 valence electrons. The van der Waals surface area contributed by atoms with Crippen molar-refractivity contribution in [2.24, 2.45) is 10.9 Å². The Morgan fingerprint density at radius 3 is 2.36 bits per heavy atom. The van der Waals surface area contributed by atoms with Crippen LogP contribution >= 0.6 is 0 Å². The highest BCUT2D eigenvalue weighted by molar-refractivity contribution is 5.79. The SMILES string of the molecule is CN=C(NCc1ccc(CN(C)C)cc1)NCc1ccccc1OCC1CC1. The molecular formula is C23H32N4O. The van der Waals surface area contributed by atoms with Crippen LogP contribution in [0.5, 0.6) is 5.75 Å². The van der Waals surface area contributed by atoms with Gasteiger partial charge in [0.15, 0.2) is 5.96 Å². The molecule has 0 bridgehead atoms. The maximum Gasteiger partial charge on any atom is 0.191 e. The molecule has 2 aromatic carbocycles. The van der Waals surface area contributed by atoms with Crippen LogP contribution in [-0.2, 0) is 19.6 Å². The smallest absolute Gasteiger partial charge is 0.191 e. The zero-order valence-electron chi connectivity index (χ0n) is 17.2. The second-order valence-corrected chi connectivity index (χ2v) is 7.70. The maximum absolute atomic E-state index is 5.99. The first-order valence-electron chi connectivity index (χ1n) is 10.0. The van der Waals surface area contributed by atoms with Gasteiger partial charge in [-0.2, -0.15) is 0 Å². The summed E-state index contributed by atoms with van der Waals surface area (Å²) in [5.74, 6) is 2.50. The number of para-hydroxylation sites is 1. The molecule has 2 N–H and O–H groups in total. The highest BCUT2D eigenvalue weighted by Crippen LogP contribution is 2.30. The van der Waals surface area contributed by atoms with E-state index in [1.807, 2.05) is 18.2 Å². The summed E-state index contributed by atoms with van der Waals surface area (Å²) in [4.78, 5) is 6.51. The Kier molecular flexibility index (Phi) is 7.31. The molecule has 0 amide bonds. The average Bonchev–Trinajstić information content (AvgIpc) is 3.52. The van der Waals surface area contributed by atoms with Gasteiger partial charge in [-0.1, -0.05) is 42.5 Å². The lowest BCUT2D eigenvalue weighted by Gasteiger charge is -2.15. The number of nitrogens with zero attached hydrogens (tertiary/aromatic N) is 2. The third kappa shape index (κ3) is 6.57. The summed E-state index contributed by atoms with van der Waals surface area (Å²) in [7, 11) is 5.96. The Balaban J connectivity index is 1.48. The number of benzene rings is 2. The lowest BCUT2D eigenvalue weighted by Crippen LogP contribution is -2.36. The number of hydrogen-bond donors (Lipinski definition) is 2. The summed E-state index contributed by atoms with van der Waals surface area (Å²) >= 11 is 0. The molecule has 0 spiro atoms. The van der Waals surface area contributed by atoms with Gasteiger partial charge in [0.1, 0.15) is 5.75 Å². The zero-order chi connectivity index (χ0) is 19.8. The largest absolute Gasteiger partial charge is 0.493 e. The molecule has 1 aliphatic carbocycles. The van der Waals surface area contributed by atoms with Crippen LogP contribution in [-0.4, -0.2) is 38.6 Å². The fourth-order valence-corrected chi connectivity index (χ4v) is 3.00. The molecule has 5 nitrogen and oxygen atoms in total. The summed E-state index contributed by atoms with van der Waals surface area (Å²) in [6.45, 7) is 3.21. The van der Waals surface area contributed by atoms with Gasteiger partial charge in [0.05, 0.1) is 6.61 Å². The maximum atomic E-state index is 5.99. The number of guanidine groups is 1. The lowest BCUT2D eigenvalue weighted by molar-refractivity contribution is 0.296. The van der Waals surface area contributed by atoms with Crippen molar-refractivity contribution >= 4 is 5.96 Å². The highest BCUT2D eigenvalue weighted by Gasteiger charge is 2.22. The van der Waals surface area contributed by atoms with E-state index in [1.165, 1.54) is 24.0 Å². The predicted molar refractivity (Wildman–Crippen MR) is 116 cm³/mol. The van der Waals surface area contributed by atoms with E-state index in [2.05, 4.69) is 65.0 Å². The Morgan fingerprint density at radius 2 is 1.68 bits per heavy atom. The van der Waals surface area contributed by atoms with Gasteiger partial charge in [0, 0.05) is 32.2 Å². The van der Waals surface area contributed by atoms with Gasteiger partial charge in [-0.3, -0.25) is 4.99 Å². The van der Waals surface area contributed by atoms with Crippen LogP contribution in [0.3, 0.4) is 0 Å². The Labute approximate surface area is 168 Å². The van der Waals surface area contributed by atoms with Gasteiger partial charge in [-0.15, -0.1) is 0 Å². The molecule has 1 saturated carbocycles. The summed E-state index contributed by atoms with van der Waals surface area (Å²) in [6, 6.07) is 16.9. The second-order valence-electron chi connectivity index (χ2n) is 7.70. The average molecular weight is 381 g/mol. The van der Waals surface area contributed by atoms with E-state index in [9.17, 15) is 0 Å². The fourth-order valence-electron chi connectivity index (χ4n) is 3.00. The molecule has 1 aliphatic rings. The zero-order valence-corrected chi connectivity index (χ0v) is 17.2. The standard InChI is InChI=1S/C23H32N4O/c1-24-23(25-14-18-8-10-19(11-9-18)16-27(2)3)26-15-21-6-4-5-7-22(21)28-17-20-12-13-20/h4-11,20H,12-17H2,1-3H3,(H2,24,25,26). The van der Waals surface area contributed by atoms with Gasteiger partial charge in [-0.05, 0) is 50.0 Å². The van der Waals surface area contributed by atoms with E-state index in [0.29, 0.717) is 6.54 Å². The van der Waals surface area contributed by atoms with E-state index >= 15 is 0 Å². The van der Waals surface area contributed by atoms with Crippen molar-refractivity contribution in [1.29, 1.82) is 0 Å². The van der Waals surface area contributed by atoms with Crippen LogP contribution in [0.2, 0.25) is 0 Å². The molecule has 0 saturated heterocycles. The number of aliphatic imine (C=N–C) groups is 1. The third-order valence-electron chi connectivity index (χ3n) is 4.80. The van der Waals surface area contributed by atoms with Crippen LogP contribution in [0.4, 0.5) is 0 Å². The van der Waals surface area contributed by atoms with Crippen molar-refractivity contribution < 1.29 is 4.74 Å². The molecule has 0 atom stereocenters. The van der Waals surface area contributed by atoms with Crippen LogP contribution in [0.1, 0.15) is 29.5 Å². The van der Waals surface area contributed by atoms with Crippen molar-refractivity contribution in [1.82, 2.24) is 15.5 Å². The predicted octanol–water partition coefficient (Wildman–Crippen LogP) is 3.40. The van der Waals surface area contributed by atoms with Crippen LogP contribution in [0, 0.1) is 5.92 Å². The molecule has 0 radical (unpaired) electrons. The van der Waals surface area contributed by atoms with Crippen molar-refractivity contribution in [2.45, 2.75) is 32.5 Å². The molecule has 0 aromatic heterocycles. The Morgan fingerprint density at radius 1 is 1.00 bits per heavy atom. The molecule has 28 heavy (non-hydrogen) atoms. The number of rotatable bonds is 9. The highest BCUT2D eigenvalue weighted by atomic mass is 16.5. The number of hydrogen-bond acceptors (Lipinski definition) is 3. The first-order valence-corrected chi connectivity index (χ1v) is 10.0. The Hall–Kier alpha value is -2.53. The number of nitrogens with one attached hydrogen (secondary N) is 2. The lowest BCUT2D eigenvalue weighted by atomic mass is 10.1. The van der Waals surface area contributed by atoms with Gasteiger partial charge in [0.2, 0.25) is 0 Å². The molecular weight excluding hydrogens is 348 g/mol. The first-order chi connectivity index (χ1) is 13.6.